The predicted molar refractivity (Wildman–Crippen MR) is 152 cm³/mol. The lowest BCUT2D eigenvalue weighted by Crippen LogP contribution is -2.62. The Morgan fingerprint density at radius 1 is 0.868 bits per heavy atom. The van der Waals surface area contributed by atoms with E-state index in [1.165, 1.54) is 39.0 Å². The van der Waals surface area contributed by atoms with Gasteiger partial charge in [0.25, 0.3) is 5.91 Å². The molecule has 0 aliphatic heterocycles. The number of carbonyl (C=O) groups is 2. The van der Waals surface area contributed by atoms with Gasteiger partial charge in [-0.25, -0.2) is 0 Å². The molecule has 0 unspecified atom stereocenters. The molecule has 1 aromatic carbocycles. The fourth-order valence-corrected chi connectivity index (χ4v) is 10.2. The average Bonchev–Trinajstić information content (AvgIpc) is 3.24. The number of hydrogen-bond acceptors (Lipinski definition) is 4. The molecule has 210 valence electrons. The summed E-state index contributed by atoms with van der Waals surface area (Å²) in [6.07, 6.45) is 9.42. The Hall–Kier alpha value is -1.88. The van der Waals surface area contributed by atoms with E-state index in [9.17, 15) is 9.59 Å². The topological polar surface area (TPSA) is 49.9 Å². The molecule has 0 N–H and O–H groups in total. The number of hydrogen-bond donors (Lipinski definition) is 0. The Balaban J connectivity index is 1.40. The van der Waals surface area contributed by atoms with Gasteiger partial charge in [0.1, 0.15) is 6.10 Å². The Morgan fingerprint density at radius 3 is 2.16 bits per heavy atom. The number of esters is 1. The Morgan fingerprint density at radius 2 is 1.50 bits per heavy atom. The van der Waals surface area contributed by atoms with E-state index in [-0.39, 0.29) is 29.4 Å². The maximum atomic E-state index is 13.4. The van der Waals surface area contributed by atoms with Crippen LogP contribution in [0.15, 0.2) is 30.3 Å². The Kier molecular flexibility index (Phi) is 7.47. The molecule has 10 atom stereocenters. The highest BCUT2D eigenvalue weighted by Gasteiger charge is 2.63. The van der Waals surface area contributed by atoms with E-state index in [1.807, 2.05) is 42.3 Å². The van der Waals surface area contributed by atoms with Crippen molar-refractivity contribution in [2.75, 3.05) is 21.1 Å². The maximum Gasteiger partial charge on any atom is 0.302 e. The van der Waals surface area contributed by atoms with Crippen molar-refractivity contribution in [3.63, 3.8) is 0 Å². The van der Waals surface area contributed by atoms with E-state index in [4.69, 9.17) is 4.74 Å². The van der Waals surface area contributed by atoms with Crippen LogP contribution < -0.4 is 0 Å². The van der Waals surface area contributed by atoms with E-state index in [0.29, 0.717) is 28.9 Å². The van der Waals surface area contributed by atoms with E-state index in [0.717, 1.165) is 37.0 Å². The molecule has 5 heteroatoms. The SMILES string of the molecule is CC(=O)O[C@H]1[C@H](N(C)C(=O)c2ccccc2)CC[C@@]2(C)[C@@H]1CC[C@@H]1[C@H]3CC[C@H]([C@H](C)N(C)C)[C@@]3(C)CC[C@@H]12. The zero-order valence-electron chi connectivity index (χ0n) is 24.8. The second-order valence-corrected chi connectivity index (χ2v) is 14.0. The molecular formula is C33H50N2O3. The molecule has 1 aromatic rings. The van der Waals surface area contributed by atoms with Gasteiger partial charge in [0.15, 0.2) is 0 Å². The predicted octanol–water partition coefficient (Wildman–Crippen LogP) is 6.28. The minimum Gasteiger partial charge on any atom is -0.460 e. The first-order valence-corrected chi connectivity index (χ1v) is 15.1. The third-order valence-electron chi connectivity index (χ3n) is 12.3. The summed E-state index contributed by atoms with van der Waals surface area (Å²) >= 11 is 0. The smallest absolute Gasteiger partial charge is 0.302 e. The van der Waals surface area contributed by atoms with Crippen molar-refractivity contribution in [1.82, 2.24) is 9.80 Å². The summed E-state index contributed by atoms with van der Waals surface area (Å²) in [4.78, 5) is 30.1. The largest absolute Gasteiger partial charge is 0.460 e. The van der Waals surface area contributed by atoms with Gasteiger partial charge < -0.3 is 14.5 Å². The van der Waals surface area contributed by atoms with Gasteiger partial charge in [0, 0.05) is 31.5 Å². The molecule has 4 aliphatic carbocycles. The van der Waals surface area contributed by atoms with Crippen LogP contribution in [0.25, 0.3) is 0 Å². The Bertz CT molecular complexity index is 1030. The minimum absolute atomic E-state index is 0.0190. The van der Waals surface area contributed by atoms with Crippen molar-refractivity contribution >= 4 is 11.9 Å². The summed E-state index contributed by atoms with van der Waals surface area (Å²) in [6, 6.07) is 10.1. The fraction of sp³-hybridized carbons (Fsp3) is 0.758. The van der Waals surface area contributed by atoms with Gasteiger partial charge in [-0.15, -0.1) is 0 Å². The molecule has 4 aliphatic rings. The van der Waals surface area contributed by atoms with Crippen molar-refractivity contribution in [2.24, 2.45) is 40.4 Å². The van der Waals surface area contributed by atoms with E-state index in [2.05, 4.69) is 39.8 Å². The van der Waals surface area contributed by atoms with Gasteiger partial charge in [0.05, 0.1) is 6.04 Å². The minimum atomic E-state index is -0.233. The monoisotopic (exact) mass is 522 g/mol. The van der Waals surface area contributed by atoms with Gasteiger partial charge in [-0.1, -0.05) is 32.0 Å². The van der Waals surface area contributed by atoms with Gasteiger partial charge in [-0.05, 0) is 119 Å². The lowest BCUT2D eigenvalue weighted by Gasteiger charge is -2.63. The molecule has 4 saturated carbocycles. The van der Waals surface area contributed by atoms with E-state index >= 15 is 0 Å². The van der Waals surface area contributed by atoms with Gasteiger partial charge in [-0.2, -0.15) is 0 Å². The normalized spacial score (nSPS) is 41.0. The molecule has 4 fully saturated rings. The first-order valence-electron chi connectivity index (χ1n) is 15.1. The molecule has 0 heterocycles. The van der Waals surface area contributed by atoms with Crippen LogP contribution in [0, 0.1) is 40.4 Å². The molecule has 1 amide bonds. The number of nitrogens with zero attached hydrogens (tertiary/aromatic N) is 2. The lowest BCUT2D eigenvalue weighted by atomic mass is 9.44. The van der Waals surface area contributed by atoms with Gasteiger partial charge >= 0.3 is 5.97 Å². The number of likely N-dealkylation sites (N-methyl/N-ethyl adjacent to an activating group) is 1. The molecule has 5 rings (SSSR count). The molecule has 38 heavy (non-hydrogen) atoms. The highest BCUT2D eigenvalue weighted by atomic mass is 16.5. The van der Waals surface area contributed by atoms with Crippen molar-refractivity contribution in [3.05, 3.63) is 35.9 Å². The first kappa shape index (κ1) is 27.7. The quantitative estimate of drug-likeness (QED) is 0.427. The van der Waals surface area contributed by atoms with Crippen molar-refractivity contribution < 1.29 is 14.3 Å². The third kappa shape index (κ3) is 4.41. The number of ether oxygens (including phenoxy) is 1. The first-order chi connectivity index (χ1) is 18.0. The molecule has 0 radical (unpaired) electrons. The summed E-state index contributed by atoms with van der Waals surface area (Å²) in [5.74, 6) is 3.13. The van der Waals surface area contributed by atoms with Crippen LogP contribution in [0.5, 0.6) is 0 Å². The highest BCUT2D eigenvalue weighted by Crippen LogP contribution is 2.68. The van der Waals surface area contributed by atoms with Crippen molar-refractivity contribution in [2.45, 2.75) is 97.2 Å². The van der Waals surface area contributed by atoms with Gasteiger partial charge in [-0.3, -0.25) is 9.59 Å². The third-order valence-corrected chi connectivity index (χ3v) is 12.3. The van der Waals surface area contributed by atoms with E-state index in [1.54, 1.807) is 0 Å². The molecule has 0 aromatic heterocycles. The Labute approximate surface area is 230 Å². The highest BCUT2D eigenvalue weighted by molar-refractivity contribution is 5.94. The van der Waals surface area contributed by atoms with Crippen LogP contribution in [0.1, 0.15) is 89.4 Å². The lowest BCUT2D eigenvalue weighted by molar-refractivity contribution is -0.185. The number of amides is 1. The van der Waals surface area contributed by atoms with Crippen LogP contribution in [0.2, 0.25) is 0 Å². The number of rotatable bonds is 5. The van der Waals surface area contributed by atoms with Crippen molar-refractivity contribution in [3.8, 4) is 0 Å². The molecule has 0 saturated heterocycles. The summed E-state index contributed by atoms with van der Waals surface area (Å²) in [5.41, 5.74) is 1.29. The zero-order valence-corrected chi connectivity index (χ0v) is 24.8. The molecule has 0 bridgehead atoms. The summed E-state index contributed by atoms with van der Waals surface area (Å²) in [6.45, 7) is 9.09. The zero-order chi connectivity index (χ0) is 27.4. The average molecular weight is 523 g/mol. The van der Waals surface area contributed by atoms with E-state index < -0.39 is 0 Å². The summed E-state index contributed by atoms with van der Waals surface area (Å²) in [7, 11) is 6.39. The van der Waals surface area contributed by atoms with Crippen LogP contribution in [0.4, 0.5) is 0 Å². The van der Waals surface area contributed by atoms with Crippen LogP contribution in [0.3, 0.4) is 0 Å². The fourth-order valence-electron chi connectivity index (χ4n) is 10.2. The van der Waals surface area contributed by atoms with Crippen LogP contribution >= 0.6 is 0 Å². The molecule has 5 nitrogen and oxygen atoms in total. The standard InChI is InChI=1S/C33H50N2O3/c1-21(34(5)6)25-15-16-26-24-13-14-28-30(38-22(2)36)29(35(7)31(37)23-11-9-8-10-12-23)18-20-33(28,4)27(24)17-19-32(25,26)3/h8-12,21,24-30H,13-20H2,1-7H3/t21-,24+,25+,26+,27-,28+,29+,30+,32+,33+/m0/s1. The second-order valence-electron chi connectivity index (χ2n) is 14.0. The summed E-state index contributed by atoms with van der Waals surface area (Å²) < 4.78 is 6.17. The second kappa shape index (κ2) is 10.3. The maximum absolute atomic E-state index is 13.4. The van der Waals surface area contributed by atoms with Gasteiger partial charge in [0.2, 0.25) is 0 Å². The van der Waals surface area contributed by atoms with Crippen LogP contribution in [-0.2, 0) is 9.53 Å². The van der Waals surface area contributed by atoms with Crippen molar-refractivity contribution in [1.29, 1.82) is 0 Å². The number of fused-ring (bicyclic) bond motifs is 5. The molecular weight excluding hydrogens is 472 g/mol. The number of carbonyl (C=O) groups excluding carboxylic acids is 2. The number of benzene rings is 1. The van der Waals surface area contributed by atoms with Crippen LogP contribution in [-0.4, -0.2) is 61.0 Å². The molecule has 0 spiro atoms. The summed E-state index contributed by atoms with van der Waals surface area (Å²) in [5, 5.41) is 0.